The molecule has 216 valence electrons. The maximum absolute atomic E-state index is 13.6. The van der Waals surface area contributed by atoms with E-state index in [1.165, 1.54) is 0 Å². The molecule has 4 atom stereocenters. The second-order valence-corrected chi connectivity index (χ2v) is 10.6. The van der Waals surface area contributed by atoms with Gasteiger partial charge in [-0.25, -0.2) is 4.79 Å². The average Bonchev–Trinajstić information content (AvgIpc) is 3.51. The number of ether oxygens (including phenoxy) is 2. The first-order valence-corrected chi connectivity index (χ1v) is 13.4. The molecule has 0 bridgehead atoms. The van der Waals surface area contributed by atoms with Gasteiger partial charge in [0.25, 0.3) is 5.91 Å². The Labute approximate surface area is 233 Å². The van der Waals surface area contributed by atoms with Crippen molar-refractivity contribution in [3.63, 3.8) is 0 Å². The van der Waals surface area contributed by atoms with Gasteiger partial charge in [0, 0.05) is 23.4 Å². The third kappa shape index (κ3) is 7.88. The second kappa shape index (κ2) is 13.7. The number of alkyl carbamates (subject to hydrolysis) is 1. The van der Waals surface area contributed by atoms with Crippen LogP contribution in [0, 0.1) is 23.2 Å². The summed E-state index contributed by atoms with van der Waals surface area (Å²) in [6, 6.07) is 6.05. The highest BCUT2D eigenvalue weighted by Crippen LogP contribution is 2.26. The summed E-state index contributed by atoms with van der Waals surface area (Å²) in [5.74, 6) is -0.983. The molecule has 0 aliphatic carbocycles. The first-order valence-electron chi connectivity index (χ1n) is 13.4. The van der Waals surface area contributed by atoms with E-state index in [4.69, 9.17) is 9.47 Å². The zero-order valence-corrected chi connectivity index (χ0v) is 23.5. The maximum atomic E-state index is 13.6. The number of H-pyrrole nitrogens is 1. The molecule has 1 fully saturated rings. The van der Waals surface area contributed by atoms with Crippen molar-refractivity contribution in [3.8, 4) is 11.8 Å². The van der Waals surface area contributed by atoms with Gasteiger partial charge in [0.1, 0.15) is 23.5 Å². The number of aromatic nitrogens is 1. The van der Waals surface area contributed by atoms with Crippen molar-refractivity contribution in [2.45, 2.75) is 71.2 Å². The Kier molecular flexibility index (Phi) is 10.4. The van der Waals surface area contributed by atoms with Gasteiger partial charge in [-0.3, -0.25) is 14.4 Å². The highest BCUT2D eigenvalue weighted by Gasteiger charge is 2.35. The van der Waals surface area contributed by atoms with Gasteiger partial charge in [-0.2, -0.15) is 5.26 Å². The lowest BCUT2D eigenvalue weighted by molar-refractivity contribution is -0.126. The number of nitrogens with one attached hydrogen (secondary N) is 5. The molecule has 0 spiro atoms. The summed E-state index contributed by atoms with van der Waals surface area (Å²) in [6.07, 6.45) is -0.239. The van der Waals surface area contributed by atoms with Crippen molar-refractivity contribution in [1.29, 1.82) is 5.26 Å². The van der Waals surface area contributed by atoms with Crippen LogP contribution in [0.15, 0.2) is 24.3 Å². The van der Waals surface area contributed by atoms with Gasteiger partial charge in [0.05, 0.1) is 25.3 Å². The number of carbonyl (C=O) groups excluding carboxylic acids is 4. The highest BCUT2D eigenvalue weighted by atomic mass is 16.6. The first kappa shape index (κ1) is 30.3. The van der Waals surface area contributed by atoms with Crippen LogP contribution in [-0.4, -0.2) is 66.7 Å². The van der Waals surface area contributed by atoms with Crippen molar-refractivity contribution >= 4 is 34.7 Å². The number of nitrogens with zero attached hydrogens (tertiary/aromatic N) is 1. The van der Waals surface area contributed by atoms with E-state index in [1.54, 1.807) is 39.2 Å². The van der Waals surface area contributed by atoms with E-state index in [9.17, 15) is 24.4 Å². The number of rotatable bonds is 12. The van der Waals surface area contributed by atoms with Crippen molar-refractivity contribution in [1.82, 2.24) is 26.3 Å². The maximum Gasteiger partial charge on any atom is 0.408 e. The summed E-state index contributed by atoms with van der Waals surface area (Å²) in [4.78, 5) is 54.4. The normalized spacial score (nSPS) is 17.1. The van der Waals surface area contributed by atoms with E-state index in [-0.39, 0.29) is 23.9 Å². The van der Waals surface area contributed by atoms with Gasteiger partial charge in [-0.05, 0) is 57.2 Å². The molecule has 3 rings (SSSR count). The van der Waals surface area contributed by atoms with E-state index in [0.717, 1.165) is 5.39 Å². The molecule has 12 heteroatoms. The van der Waals surface area contributed by atoms with Crippen LogP contribution in [0.3, 0.4) is 0 Å². The number of hydrogen-bond donors (Lipinski definition) is 5. The Morgan fingerprint density at radius 2 is 1.90 bits per heavy atom. The van der Waals surface area contributed by atoms with Crippen molar-refractivity contribution < 1.29 is 28.7 Å². The summed E-state index contributed by atoms with van der Waals surface area (Å²) in [5, 5.41) is 21.5. The number of hydrogen-bond acceptors (Lipinski definition) is 7. The lowest BCUT2D eigenvalue weighted by Crippen LogP contribution is -2.57. The molecule has 2 aromatic rings. The Morgan fingerprint density at radius 1 is 1.15 bits per heavy atom. The van der Waals surface area contributed by atoms with Crippen molar-refractivity contribution in [2.75, 3.05) is 13.7 Å². The molecule has 1 aromatic heterocycles. The standard InChI is InChI=1S/C28H38N6O6/c1-15(2)11-21(33-27(37)22-13-18-19(31-22)7-6-8-24(18)39-5)26(36)32-20(12-17-9-10-30-25(17)35)23(14-29)34-28(38)40-16(3)4/h6-8,13,15-17,20-21,23,31H,9-12H2,1-5H3,(H,30,35)(H,32,36)(H,33,37)(H,34,38)/t17-,20-,21-,23?/m0/s1. The Bertz CT molecular complexity index is 1270. The summed E-state index contributed by atoms with van der Waals surface area (Å²) in [7, 11) is 1.54. The fourth-order valence-corrected chi connectivity index (χ4v) is 4.70. The predicted octanol–water partition coefficient (Wildman–Crippen LogP) is 2.36. The average molecular weight is 555 g/mol. The lowest BCUT2D eigenvalue weighted by Gasteiger charge is -2.28. The monoisotopic (exact) mass is 554 g/mol. The number of amides is 4. The molecule has 0 saturated carbocycles. The van der Waals surface area contributed by atoms with E-state index < -0.39 is 48.1 Å². The smallest absolute Gasteiger partial charge is 0.408 e. The second-order valence-electron chi connectivity index (χ2n) is 10.6. The van der Waals surface area contributed by atoms with E-state index in [0.29, 0.717) is 30.7 Å². The van der Waals surface area contributed by atoms with E-state index in [1.807, 2.05) is 26.0 Å². The van der Waals surface area contributed by atoms with Gasteiger partial charge in [0.2, 0.25) is 11.8 Å². The molecule has 1 unspecified atom stereocenters. The zero-order valence-electron chi connectivity index (χ0n) is 23.5. The Hall–Kier alpha value is -4.27. The molecular formula is C28H38N6O6. The van der Waals surface area contributed by atoms with Gasteiger partial charge < -0.3 is 35.7 Å². The van der Waals surface area contributed by atoms with Gasteiger partial charge in [-0.1, -0.05) is 19.9 Å². The summed E-state index contributed by atoms with van der Waals surface area (Å²) in [6.45, 7) is 7.67. The van der Waals surface area contributed by atoms with Crippen LogP contribution in [0.25, 0.3) is 10.9 Å². The Morgan fingerprint density at radius 3 is 2.50 bits per heavy atom. The van der Waals surface area contributed by atoms with Gasteiger partial charge in [-0.15, -0.1) is 0 Å². The number of carbonyl (C=O) groups is 4. The highest BCUT2D eigenvalue weighted by molar-refractivity contribution is 6.01. The molecule has 2 heterocycles. The first-order chi connectivity index (χ1) is 19.0. The number of aromatic amines is 1. The number of benzene rings is 1. The largest absolute Gasteiger partial charge is 0.496 e. The zero-order chi connectivity index (χ0) is 29.4. The summed E-state index contributed by atoms with van der Waals surface area (Å²) < 4.78 is 10.5. The molecular weight excluding hydrogens is 516 g/mol. The minimum Gasteiger partial charge on any atom is -0.496 e. The van der Waals surface area contributed by atoms with Crippen LogP contribution in [0.2, 0.25) is 0 Å². The van der Waals surface area contributed by atoms with E-state index in [2.05, 4.69) is 26.3 Å². The van der Waals surface area contributed by atoms with Gasteiger partial charge >= 0.3 is 6.09 Å². The molecule has 1 aliphatic heterocycles. The van der Waals surface area contributed by atoms with Crippen LogP contribution >= 0.6 is 0 Å². The van der Waals surface area contributed by atoms with E-state index >= 15 is 0 Å². The summed E-state index contributed by atoms with van der Waals surface area (Å²) in [5.41, 5.74) is 0.966. The minimum absolute atomic E-state index is 0.0452. The molecule has 12 nitrogen and oxygen atoms in total. The van der Waals surface area contributed by atoms with Crippen LogP contribution in [0.5, 0.6) is 5.75 Å². The molecule has 40 heavy (non-hydrogen) atoms. The number of nitriles is 1. The van der Waals surface area contributed by atoms with Crippen LogP contribution < -0.4 is 26.0 Å². The SMILES string of the molecule is COc1cccc2[nH]c(C(=O)N[C@@H](CC(C)C)C(=O)N[C@@H](C[C@@H]3CCNC3=O)C(C#N)NC(=O)OC(C)C)cc12. The minimum atomic E-state index is -1.17. The lowest BCUT2D eigenvalue weighted by atomic mass is 9.93. The topological polar surface area (TPSA) is 174 Å². The number of methoxy groups -OCH3 is 1. The van der Waals surface area contributed by atoms with Crippen molar-refractivity contribution in [2.24, 2.45) is 11.8 Å². The molecule has 0 radical (unpaired) electrons. The molecule has 1 aromatic carbocycles. The number of fused-ring (bicyclic) bond motifs is 1. The molecule has 1 aliphatic rings. The van der Waals surface area contributed by atoms with Crippen LogP contribution in [0.4, 0.5) is 4.79 Å². The predicted molar refractivity (Wildman–Crippen MR) is 147 cm³/mol. The van der Waals surface area contributed by atoms with Crippen LogP contribution in [-0.2, 0) is 14.3 Å². The van der Waals surface area contributed by atoms with Crippen molar-refractivity contribution in [3.05, 3.63) is 30.0 Å². The molecule has 5 N–H and O–H groups in total. The fraction of sp³-hybridized carbons (Fsp3) is 0.536. The third-order valence-electron chi connectivity index (χ3n) is 6.60. The molecule has 1 saturated heterocycles. The quantitative estimate of drug-likeness (QED) is 0.268. The molecule has 4 amide bonds. The third-order valence-corrected chi connectivity index (χ3v) is 6.60. The van der Waals surface area contributed by atoms with Crippen LogP contribution in [0.1, 0.15) is 57.4 Å². The van der Waals surface area contributed by atoms with Gasteiger partial charge in [0.15, 0.2) is 0 Å². The fourth-order valence-electron chi connectivity index (χ4n) is 4.70. The Balaban J connectivity index is 1.81. The summed E-state index contributed by atoms with van der Waals surface area (Å²) >= 11 is 0.